The third-order valence-electron chi connectivity index (χ3n) is 3.94. The summed E-state index contributed by atoms with van der Waals surface area (Å²) in [5, 5.41) is 0. The van der Waals surface area contributed by atoms with Gasteiger partial charge in [-0.05, 0) is 42.7 Å². The minimum Gasteiger partial charge on any atom is -0.353 e. The first-order valence-electron chi connectivity index (χ1n) is 7.30. The van der Waals surface area contributed by atoms with E-state index >= 15 is 0 Å². The Kier molecular flexibility index (Phi) is 4.06. The van der Waals surface area contributed by atoms with Crippen molar-refractivity contribution in [3.63, 3.8) is 0 Å². The molecule has 1 aliphatic carbocycles. The molecule has 0 amide bonds. The highest BCUT2D eigenvalue weighted by molar-refractivity contribution is 7.88. The molecule has 22 heavy (non-hydrogen) atoms. The van der Waals surface area contributed by atoms with E-state index in [1.807, 2.05) is 29.9 Å². The third kappa shape index (κ3) is 3.39. The molecule has 0 radical (unpaired) electrons. The summed E-state index contributed by atoms with van der Waals surface area (Å²) in [6.45, 7) is 0.387. The molecular formula is C16H19FN2O2S. The molecule has 3 rings (SSSR count). The van der Waals surface area contributed by atoms with Gasteiger partial charge in [0.1, 0.15) is 5.82 Å². The van der Waals surface area contributed by atoms with Crippen LogP contribution >= 0.6 is 0 Å². The lowest BCUT2D eigenvalue weighted by Crippen LogP contribution is -2.34. The standard InChI is InChI=1S/C16H19FN2O2S/c1-18-10-2-3-16(18)11-19(15-8-9-15)22(20,21)12-13-4-6-14(17)7-5-13/h2-7,10,15H,8-9,11-12H2,1H3. The van der Waals surface area contributed by atoms with E-state index in [4.69, 9.17) is 0 Å². The van der Waals surface area contributed by atoms with Crippen molar-refractivity contribution < 1.29 is 12.8 Å². The van der Waals surface area contributed by atoms with Gasteiger partial charge in [0.2, 0.25) is 10.0 Å². The predicted molar refractivity (Wildman–Crippen MR) is 83.0 cm³/mol. The highest BCUT2D eigenvalue weighted by Crippen LogP contribution is 2.32. The van der Waals surface area contributed by atoms with E-state index in [9.17, 15) is 12.8 Å². The number of halogens is 1. The summed E-state index contributed by atoms with van der Waals surface area (Å²) in [6, 6.07) is 9.59. The Balaban J connectivity index is 1.80. The van der Waals surface area contributed by atoms with E-state index in [2.05, 4.69) is 0 Å². The third-order valence-corrected chi connectivity index (χ3v) is 5.78. The normalized spacial score (nSPS) is 15.4. The van der Waals surface area contributed by atoms with Crippen molar-refractivity contribution in [2.75, 3.05) is 0 Å². The van der Waals surface area contributed by atoms with Gasteiger partial charge in [0, 0.05) is 25.0 Å². The molecule has 6 heteroatoms. The quantitative estimate of drug-likeness (QED) is 0.820. The molecule has 1 aromatic carbocycles. The zero-order valence-electron chi connectivity index (χ0n) is 12.4. The van der Waals surface area contributed by atoms with Crippen LogP contribution in [0.15, 0.2) is 42.6 Å². The number of hydrogen-bond acceptors (Lipinski definition) is 2. The molecular weight excluding hydrogens is 303 g/mol. The smallest absolute Gasteiger partial charge is 0.218 e. The van der Waals surface area contributed by atoms with E-state index in [0.29, 0.717) is 12.1 Å². The van der Waals surface area contributed by atoms with Crippen molar-refractivity contribution >= 4 is 10.0 Å². The summed E-state index contributed by atoms with van der Waals surface area (Å²) in [7, 11) is -1.51. The number of rotatable bonds is 6. The minimum absolute atomic E-state index is 0.0891. The average Bonchev–Trinajstić information content (AvgIpc) is 3.22. The fourth-order valence-electron chi connectivity index (χ4n) is 2.51. The summed E-state index contributed by atoms with van der Waals surface area (Å²) < 4.78 is 41.9. The molecule has 0 spiro atoms. The second-order valence-corrected chi connectivity index (χ2v) is 7.69. The van der Waals surface area contributed by atoms with Gasteiger partial charge in [0.25, 0.3) is 0 Å². The monoisotopic (exact) mass is 322 g/mol. The Morgan fingerprint density at radius 3 is 2.45 bits per heavy atom. The Morgan fingerprint density at radius 1 is 1.23 bits per heavy atom. The van der Waals surface area contributed by atoms with E-state index in [1.165, 1.54) is 24.3 Å². The van der Waals surface area contributed by atoms with Crippen LogP contribution in [-0.4, -0.2) is 23.3 Å². The number of sulfonamides is 1. The molecule has 1 aromatic heterocycles. The predicted octanol–water partition coefficient (Wildman–Crippen LogP) is 2.66. The maximum atomic E-state index is 13.0. The van der Waals surface area contributed by atoms with Crippen molar-refractivity contribution in [2.45, 2.75) is 31.2 Å². The molecule has 4 nitrogen and oxygen atoms in total. The van der Waals surface area contributed by atoms with Gasteiger partial charge in [0.05, 0.1) is 12.3 Å². The molecule has 1 aliphatic rings. The van der Waals surface area contributed by atoms with Gasteiger partial charge >= 0.3 is 0 Å². The lowest BCUT2D eigenvalue weighted by Gasteiger charge is -2.22. The van der Waals surface area contributed by atoms with Gasteiger partial charge in [-0.1, -0.05) is 12.1 Å². The molecule has 0 aliphatic heterocycles. The minimum atomic E-state index is -3.42. The van der Waals surface area contributed by atoms with Gasteiger partial charge in [-0.2, -0.15) is 4.31 Å². The molecule has 1 saturated carbocycles. The maximum Gasteiger partial charge on any atom is 0.218 e. The highest BCUT2D eigenvalue weighted by Gasteiger charge is 2.37. The van der Waals surface area contributed by atoms with Crippen LogP contribution in [0.25, 0.3) is 0 Å². The van der Waals surface area contributed by atoms with Crippen molar-refractivity contribution in [3.05, 3.63) is 59.7 Å². The van der Waals surface area contributed by atoms with E-state index in [-0.39, 0.29) is 17.6 Å². The SMILES string of the molecule is Cn1cccc1CN(C1CC1)S(=O)(=O)Cc1ccc(F)cc1. The van der Waals surface area contributed by atoms with Crippen LogP contribution in [0.4, 0.5) is 4.39 Å². The Hall–Kier alpha value is -1.66. The van der Waals surface area contributed by atoms with Gasteiger partial charge in [-0.15, -0.1) is 0 Å². The average molecular weight is 322 g/mol. The zero-order valence-corrected chi connectivity index (χ0v) is 13.3. The van der Waals surface area contributed by atoms with Crippen LogP contribution in [0.5, 0.6) is 0 Å². The lowest BCUT2D eigenvalue weighted by molar-refractivity contribution is 0.389. The molecule has 0 saturated heterocycles. The van der Waals surface area contributed by atoms with Crippen LogP contribution in [0.1, 0.15) is 24.1 Å². The number of hydrogen-bond donors (Lipinski definition) is 0. The molecule has 2 aromatic rings. The second-order valence-electron chi connectivity index (χ2n) is 5.77. The van der Waals surface area contributed by atoms with Crippen LogP contribution in [0.3, 0.4) is 0 Å². The Bertz CT molecular complexity index is 749. The van der Waals surface area contributed by atoms with E-state index in [0.717, 1.165) is 18.5 Å². The summed E-state index contributed by atoms with van der Waals surface area (Å²) >= 11 is 0. The fourth-order valence-corrected chi connectivity index (χ4v) is 4.29. The summed E-state index contributed by atoms with van der Waals surface area (Å²) in [4.78, 5) is 0. The van der Waals surface area contributed by atoms with Crippen molar-refractivity contribution in [2.24, 2.45) is 7.05 Å². The summed E-state index contributed by atoms with van der Waals surface area (Å²) in [5.74, 6) is -0.446. The van der Waals surface area contributed by atoms with Crippen LogP contribution in [0.2, 0.25) is 0 Å². The molecule has 0 N–H and O–H groups in total. The second kappa shape index (κ2) is 5.85. The highest BCUT2D eigenvalue weighted by atomic mass is 32.2. The van der Waals surface area contributed by atoms with Gasteiger partial charge < -0.3 is 4.57 Å². The molecule has 1 heterocycles. The number of benzene rings is 1. The van der Waals surface area contributed by atoms with Crippen LogP contribution in [0, 0.1) is 5.82 Å². The van der Waals surface area contributed by atoms with E-state index < -0.39 is 10.0 Å². The topological polar surface area (TPSA) is 42.3 Å². The van der Waals surface area contributed by atoms with Crippen LogP contribution < -0.4 is 0 Å². The molecule has 0 atom stereocenters. The van der Waals surface area contributed by atoms with E-state index in [1.54, 1.807) is 4.31 Å². The molecule has 0 unspecified atom stereocenters. The van der Waals surface area contributed by atoms with Gasteiger partial charge in [-0.3, -0.25) is 0 Å². The fraction of sp³-hybridized carbons (Fsp3) is 0.375. The van der Waals surface area contributed by atoms with Crippen LogP contribution in [-0.2, 0) is 29.4 Å². The number of nitrogens with zero attached hydrogens (tertiary/aromatic N) is 2. The first kappa shape index (κ1) is 15.2. The first-order chi connectivity index (χ1) is 10.5. The molecule has 118 valence electrons. The van der Waals surface area contributed by atoms with Gasteiger partial charge in [0.15, 0.2) is 0 Å². The molecule has 1 fully saturated rings. The Morgan fingerprint density at radius 2 is 1.91 bits per heavy atom. The largest absolute Gasteiger partial charge is 0.353 e. The van der Waals surface area contributed by atoms with Crippen molar-refractivity contribution in [1.29, 1.82) is 0 Å². The zero-order chi connectivity index (χ0) is 15.7. The van der Waals surface area contributed by atoms with Crippen molar-refractivity contribution in [1.82, 2.24) is 8.87 Å². The summed E-state index contributed by atoms with van der Waals surface area (Å²) in [6.07, 6.45) is 3.73. The van der Waals surface area contributed by atoms with Gasteiger partial charge in [-0.25, -0.2) is 12.8 Å². The molecule has 0 bridgehead atoms. The number of aromatic nitrogens is 1. The summed E-state index contributed by atoms with van der Waals surface area (Å²) in [5.41, 5.74) is 1.58. The van der Waals surface area contributed by atoms with Crippen molar-refractivity contribution in [3.8, 4) is 0 Å². The number of aryl methyl sites for hydroxylation is 1. The Labute approximate surface area is 130 Å². The lowest BCUT2D eigenvalue weighted by atomic mass is 10.2. The maximum absolute atomic E-state index is 13.0. The first-order valence-corrected chi connectivity index (χ1v) is 8.91.